The van der Waals surface area contributed by atoms with E-state index < -0.39 is 23.1 Å². The minimum atomic E-state index is -4.61. The lowest BCUT2D eigenvalue weighted by molar-refractivity contribution is -0.137. The number of nitrogen functional groups attached to an aromatic ring is 1. The van der Waals surface area contributed by atoms with E-state index in [0.29, 0.717) is 28.5 Å². The lowest BCUT2D eigenvalue weighted by Gasteiger charge is -2.57. The van der Waals surface area contributed by atoms with Gasteiger partial charge in [0, 0.05) is 17.3 Å². The van der Waals surface area contributed by atoms with Gasteiger partial charge in [-0.05, 0) is 66.8 Å². The van der Waals surface area contributed by atoms with Crippen molar-refractivity contribution >= 4 is 12.0 Å². The number of phenols is 1. The maximum atomic E-state index is 12.2. The number of carbonyl (C=O) groups is 1. The summed E-state index contributed by atoms with van der Waals surface area (Å²) in [4.78, 5) is 10.2. The number of hydrazine groups is 1. The molecule has 0 radical (unpaired) electrons. The van der Waals surface area contributed by atoms with Crippen molar-refractivity contribution in [1.29, 1.82) is 5.26 Å². The zero-order valence-corrected chi connectivity index (χ0v) is 21.4. The summed E-state index contributed by atoms with van der Waals surface area (Å²) in [7, 11) is 2.06. The summed E-state index contributed by atoms with van der Waals surface area (Å²) in [6.45, 7) is 13.3. The number of rotatable bonds is 3. The Morgan fingerprint density at radius 1 is 1.09 bits per heavy atom. The number of hydrogen-bond acceptors (Lipinski definition) is 6. The standard InChI is InChI=1S/C9H19N.C8H4F3NO.C7H8N2O.C2H6/c1-8(2)6-9(3,4)7(8)10-5;9-8(10,11)7-3-6(13)2-1-5(7)4-12;8-9-7-3-1-6(5-10)2-4-7;1-2/h7,10H,6H2,1-5H3;1-3,13H;1-5,9H,8H2;1-2H3. The molecule has 1 saturated carbocycles. The first kappa shape index (κ1) is 31.9. The van der Waals surface area contributed by atoms with Crippen LogP contribution in [-0.4, -0.2) is 24.5 Å². The summed E-state index contributed by atoms with van der Waals surface area (Å²) in [5, 5.41) is 20.5. The molecule has 0 saturated heterocycles. The van der Waals surface area contributed by atoms with Gasteiger partial charge in [0.15, 0.2) is 0 Å². The van der Waals surface area contributed by atoms with E-state index in [2.05, 4.69) is 45.5 Å². The summed E-state index contributed by atoms with van der Waals surface area (Å²) in [5.74, 6) is 4.59. The lowest BCUT2D eigenvalue weighted by Crippen LogP contribution is -2.61. The fourth-order valence-corrected chi connectivity index (χ4v) is 4.61. The van der Waals surface area contributed by atoms with E-state index in [1.807, 2.05) is 13.8 Å². The minimum Gasteiger partial charge on any atom is -0.508 e. The number of nitrogens with one attached hydrogen (secondary N) is 2. The maximum Gasteiger partial charge on any atom is 0.417 e. The number of nitrogens with two attached hydrogens (primary N) is 1. The monoisotopic (exact) mass is 494 g/mol. The second-order valence-electron chi connectivity index (χ2n) is 9.10. The van der Waals surface area contributed by atoms with E-state index in [-0.39, 0.29) is 0 Å². The third-order valence-corrected chi connectivity index (χ3v) is 5.41. The number of halogens is 3. The molecule has 1 aliphatic rings. The van der Waals surface area contributed by atoms with E-state index in [9.17, 15) is 18.0 Å². The van der Waals surface area contributed by atoms with Crippen LogP contribution in [0, 0.1) is 22.2 Å². The van der Waals surface area contributed by atoms with E-state index >= 15 is 0 Å². The topological polar surface area (TPSA) is 111 Å². The molecule has 0 amide bonds. The number of phenolic OH excluding ortho intramolecular Hbond substituents is 1. The van der Waals surface area contributed by atoms with Gasteiger partial charge in [0.25, 0.3) is 0 Å². The lowest BCUT2D eigenvalue weighted by atomic mass is 9.52. The number of aldehydes is 1. The predicted molar refractivity (Wildman–Crippen MR) is 134 cm³/mol. The molecule has 5 N–H and O–H groups in total. The second kappa shape index (κ2) is 13.7. The van der Waals surface area contributed by atoms with Crippen molar-refractivity contribution in [2.24, 2.45) is 16.7 Å². The number of nitrogens with zero attached hydrogens (tertiary/aromatic N) is 1. The molecule has 0 unspecified atom stereocenters. The van der Waals surface area contributed by atoms with Crippen molar-refractivity contribution in [2.45, 2.75) is 60.2 Å². The summed E-state index contributed by atoms with van der Waals surface area (Å²) in [6.07, 6.45) is -2.48. The molecule has 1 fully saturated rings. The van der Waals surface area contributed by atoms with E-state index in [1.165, 1.54) is 12.5 Å². The molecular formula is C26H37F3N4O2. The molecule has 0 atom stereocenters. The van der Waals surface area contributed by atoms with Gasteiger partial charge in [-0.2, -0.15) is 18.4 Å². The molecule has 0 heterocycles. The van der Waals surface area contributed by atoms with Crippen molar-refractivity contribution in [3.05, 3.63) is 59.2 Å². The van der Waals surface area contributed by atoms with Crippen LogP contribution in [0.2, 0.25) is 0 Å². The van der Waals surface area contributed by atoms with Crippen molar-refractivity contribution in [3.8, 4) is 11.8 Å². The Labute approximate surface area is 206 Å². The minimum absolute atomic E-state index is 0.495. The Bertz CT molecular complexity index is 952. The van der Waals surface area contributed by atoms with Gasteiger partial charge in [0.05, 0.1) is 17.2 Å². The Morgan fingerprint density at radius 3 is 1.91 bits per heavy atom. The molecule has 1 aliphatic carbocycles. The van der Waals surface area contributed by atoms with Crippen LogP contribution in [0.3, 0.4) is 0 Å². The Morgan fingerprint density at radius 2 is 1.60 bits per heavy atom. The van der Waals surface area contributed by atoms with Crippen molar-refractivity contribution in [2.75, 3.05) is 12.5 Å². The molecule has 0 bridgehead atoms. The zero-order valence-electron chi connectivity index (χ0n) is 21.4. The van der Waals surface area contributed by atoms with Crippen LogP contribution in [0.1, 0.15) is 69.4 Å². The molecule has 0 spiro atoms. The molecule has 0 aromatic heterocycles. The average Bonchev–Trinajstić information content (AvgIpc) is 2.79. The molecule has 9 heteroatoms. The fraction of sp³-hybridized carbons (Fsp3) is 0.462. The van der Waals surface area contributed by atoms with Gasteiger partial charge in [-0.3, -0.25) is 10.6 Å². The quantitative estimate of drug-likeness (QED) is 0.232. The fourth-order valence-electron chi connectivity index (χ4n) is 4.61. The number of aromatic hydroxyl groups is 1. The van der Waals surface area contributed by atoms with Gasteiger partial charge < -0.3 is 15.8 Å². The van der Waals surface area contributed by atoms with Gasteiger partial charge in [0.2, 0.25) is 0 Å². The van der Waals surface area contributed by atoms with E-state index in [4.69, 9.17) is 16.2 Å². The second-order valence-corrected chi connectivity index (χ2v) is 9.10. The molecule has 3 rings (SSSR count). The largest absolute Gasteiger partial charge is 0.508 e. The number of hydrogen-bond donors (Lipinski definition) is 4. The average molecular weight is 495 g/mol. The van der Waals surface area contributed by atoms with Crippen molar-refractivity contribution in [1.82, 2.24) is 5.32 Å². The van der Waals surface area contributed by atoms with Crippen LogP contribution in [0.25, 0.3) is 0 Å². The zero-order chi connectivity index (χ0) is 27.4. The van der Waals surface area contributed by atoms with E-state index in [1.54, 1.807) is 24.3 Å². The predicted octanol–water partition coefficient (Wildman–Crippen LogP) is 6.12. The molecule has 35 heavy (non-hydrogen) atoms. The molecule has 2 aromatic rings. The Balaban J connectivity index is 0.000000483. The number of anilines is 1. The molecule has 2 aromatic carbocycles. The van der Waals surface area contributed by atoms with Crippen LogP contribution in [0.15, 0.2) is 42.5 Å². The molecule has 194 valence electrons. The van der Waals surface area contributed by atoms with Gasteiger partial charge >= 0.3 is 6.18 Å². The number of carbonyl (C=O) groups excluding carboxylic acids is 1. The van der Waals surface area contributed by atoms with Gasteiger partial charge in [-0.15, -0.1) is 0 Å². The first-order chi connectivity index (χ1) is 16.2. The molecule has 0 aliphatic heterocycles. The van der Waals surface area contributed by atoms with Gasteiger partial charge in [-0.25, -0.2) is 0 Å². The highest BCUT2D eigenvalue weighted by molar-refractivity contribution is 5.75. The number of alkyl halides is 3. The third-order valence-electron chi connectivity index (χ3n) is 5.41. The highest BCUT2D eigenvalue weighted by atomic mass is 19.4. The van der Waals surface area contributed by atoms with Gasteiger partial charge in [0.1, 0.15) is 12.0 Å². The number of nitriles is 1. The van der Waals surface area contributed by atoms with Crippen LogP contribution >= 0.6 is 0 Å². The van der Waals surface area contributed by atoms with Crippen molar-refractivity contribution in [3.63, 3.8) is 0 Å². The maximum absolute atomic E-state index is 12.2. The smallest absolute Gasteiger partial charge is 0.417 e. The normalized spacial score (nSPS) is 15.3. The number of benzene rings is 2. The molecule has 6 nitrogen and oxygen atoms in total. The van der Waals surface area contributed by atoms with Crippen LogP contribution in [0.4, 0.5) is 18.9 Å². The third kappa shape index (κ3) is 9.59. The summed E-state index contributed by atoms with van der Waals surface area (Å²) in [5.41, 5.74) is 3.32. The summed E-state index contributed by atoms with van der Waals surface area (Å²) >= 11 is 0. The Hall–Kier alpha value is -3.09. The summed E-state index contributed by atoms with van der Waals surface area (Å²) < 4.78 is 36.5. The first-order valence-corrected chi connectivity index (χ1v) is 11.2. The highest BCUT2D eigenvalue weighted by Crippen LogP contribution is 2.53. The first-order valence-electron chi connectivity index (χ1n) is 11.2. The molecular weight excluding hydrogens is 457 g/mol. The van der Waals surface area contributed by atoms with Crippen molar-refractivity contribution < 1.29 is 23.1 Å². The highest BCUT2D eigenvalue weighted by Gasteiger charge is 2.51. The van der Waals surface area contributed by atoms with Crippen LogP contribution in [-0.2, 0) is 6.18 Å². The van der Waals surface area contributed by atoms with Crippen LogP contribution < -0.4 is 16.6 Å². The summed E-state index contributed by atoms with van der Waals surface area (Å²) in [6, 6.07) is 11.5. The van der Waals surface area contributed by atoms with Crippen LogP contribution in [0.5, 0.6) is 5.75 Å². The van der Waals surface area contributed by atoms with E-state index in [0.717, 1.165) is 24.1 Å². The SMILES string of the molecule is CC.CNC1C(C)(C)CC1(C)C.N#Cc1ccc(O)cc1C(F)(F)F.NNc1ccc(C=O)cc1. The van der Waals surface area contributed by atoms with Gasteiger partial charge in [-0.1, -0.05) is 41.5 Å². The Kier molecular flexibility index (Phi) is 12.5.